The number of hydrogen-bond acceptors (Lipinski definition) is 6. The minimum atomic E-state index is -0.551. The fraction of sp³-hybridized carbons (Fsp3) is 0. The number of imidazole rings is 1. The van der Waals surface area contributed by atoms with Crippen molar-refractivity contribution in [3.8, 4) is 39.5 Å². The highest BCUT2D eigenvalue weighted by Crippen LogP contribution is 2.34. The van der Waals surface area contributed by atoms with Crippen molar-refractivity contribution in [2.75, 3.05) is 5.32 Å². The van der Waals surface area contributed by atoms with Gasteiger partial charge in [-0.2, -0.15) is 5.10 Å². The van der Waals surface area contributed by atoms with Crippen LogP contribution >= 0.6 is 0 Å². The molecule has 0 spiro atoms. The molecule has 0 saturated carbocycles. The fourth-order valence-corrected chi connectivity index (χ4v) is 4.82. The quantitative estimate of drug-likeness (QED) is 0.201. The molecule has 4 aromatic heterocycles. The highest BCUT2D eigenvalue weighted by molar-refractivity contribution is 6.04. The lowest BCUT2D eigenvalue weighted by atomic mass is 10.0. The molecule has 0 unspecified atom stereocenters. The summed E-state index contributed by atoms with van der Waals surface area (Å²) in [6.45, 7) is 0. The smallest absolute Gasteiger partial charge is 0.255 e. The summed E-state index contributed by atoms with van der Waals surface area (Å²) in [7, 11) is 0. The van der Waals surface area contributed by atoms with E-state index in [4.69, 9.17) is 4.98 Å². The van der Waals surface area contributed by atoms with E-state index in [9.17, 15) is 14.3 Å². The molecule has 7 aromatic rings. The number of H-pyrrole nitrogens is 2. The van der Waals surface area contributed by atoms with Gasteiger partial charge < -0.3 is 15.4 Å². The number of carbonyl (C=O) groups is 1. The first kappa shape index (κ1) is 24.2. The van der Waals surface area contributed by atoms with Crippen LogP contribution < -0.4 is 5.32 Å². The molecule has 0 atom stereocenters. The number of amides is 1. The number of nitrogens with one attached hydrogen (secondary N) is 3. The van der Waals surface area contributed by atoms with Crippen molar-refractivity contribution in [1.82, 2.24) is 30.1 Å². The number of aromatic hydroxyl groups is 1. The maximum absolute atomic E-state index is 14.0. The Hall–Kier alpha value is -5.90. The largest absolute Gasteiger partial charge is 0.508 e. The van der Waals surface area contributed by atoms with E-state index in [1.165, 1.54) is 12.1 Å². The molecule has 1 amide bonds. The maximum atomic E-state index is 14.0. The van der Waals surface area contributed by atoms with Gasteiger partial charge in [0.05, 0.1) is 17.4 Å². The lowest BCUT2D eigenvalue weighted by Gasteiger charge is -2.08. The number of hydrogen-bond donors (Lipinski definition) is 4. The third-order valence-electron chi connectivity index (χ3n) is 6.73. The van der Waals surface area contributed by atoms with Crippen molar-refractivity contribution in [3.63, 3.8) is 0 Å². The Morgan fingerprint density at radius 1 is 0.902 bits per heavy atom. The number of pyridine rings is 2. The molecule has 7 rings (SSSR count). The van der Waals surface area contributed by atoms with E-state index >= 15 is 0 Å². The number of carbonyl (C=O) groups excluding carboxylic acids is 1. The zero-order valence-corrected chi connectivity index (χ0v) is 21.3. The second-order valence-corrected chi connectivity index (χ2v) is 9.45. The first-order valence-corrected chi connectivity index (χ1v) is 12.7. The molecular weight excluding hydrogens is 521 g/mol. The monoisotopic (exact) mass is 541 g/mol. The second kappa shape index (κ2) is 9.69. The van der Waals surface area contributed by atoms with Gasteiger partial charge >= 0.3 is 0 Å². The summed E-state index contributed by atoms with van der Waals surface area (Å²) in [6, 6.07) is 22.3. The van der Waals surface area contributed by atoms with Crippen molar-refractivity contribution < 1.29 is 14.3 Å². The predicted octanol–water partition coefficient (Wildman–Crippen LogP) is 6.33. The summed E-state index contributed by atoms with van der Waals surface area (Å²) < 4.78 is 14.0. The molecule has 3 aromatic carbocycles. The molecule has 0 aliphatic heterocycles. The standard InChI is InChI=1S/C31H20FN7O2/c32-21-10-19(12-23(40)14-21)24-8-9-34-29-27(24)36-30(37-29)28-25-13-18(6-7-26(25)38-39-28)20-11-22(16-33-15-20)35-31(41)17-4-2-1-3-5-17/h1-16,40H,(H,35,41)(H,38,39)(H,34,36,37). The second-order valence-electron chi connectivity index (χ2n) is 9.45. The van der Waals surface area contributed by atoms with Gasteiger partial charge in [-0.1, -0.05) is 24.3 Å². The van der Waals surface area contributed by atoms with E-state index in [0.717, 1.165) is 28.1 Å². The Kier molecular flexibility index (Phi) is 5.71. The Balaban J connectivity index is 1.25. The number of benzene rings is 3. The molecule has 9 nitrogen and oxygen atoms in total. The van der Waals surface area contributed by atoms with Crippen LogP contribution in [0, 0.1) is 5.82 Å². The molecule has 0 bridgehead atoms. The Morgan fingerprint density at radius 2 is 1.78 bits per heavy atom. The lowest BCUT2D eigenvalue weighted by Crippen LogP contribution is -2.11. The van der Waals surface area contributed by atoms with Gasteiger partial charge in [0.1, 0.15) is 22.8 Å². The summed E-state index contributed by atoms with van der Waals surface area (Å²) in [5.41, 5.74) is 6.30. The number of rotatable bonds is 5. The van der Waals surface area contributed by atoms with E-state index < -0.39 is 5.82 Å². The molecule has 4 N–H and O–H groups in total. The number of nitrogens with zero attached hydrogens (tertiary/aromatic N) is 4. The number of aromatic amines is 2. The van der Waals surface area contributed by atoms with Gasteiger partial charge in [-0.3, -0.25) is 14.9 Å². The zero-order chi connectivity index (χ0) is 27.9. The molecule has 198 valence electrons. The third kappa shape index (κ3) is 4.53. The average Bonchev–Trinajstić information content (AvgIpc) is 3.61. The minimum Gasteiger partial charge on any atom is -0.508 e. The molecule has 0 fully saturated rings. The maximum Gasteiger partial charge on any atom is 0.255 e. The molecule has 0 radical (unpaired) electrons. The first-order chi connectivity index (χ1) is 20.0. The van der Waals surface area contributed by atoms with Crippen LogP contribution in [0.15, 0.2) is 97.5 Å². The van der Waals surface area contributed by atoms with E-state index in [1.807, 2.05) is 42.5 Å². The van der Waals surface area contributed by atoms with Crippen LogP contribution in [0.3, 0.4) is 0 Å². The fourth-order valence-electron chi connectivity index (χ4n) is 4.82. The zero-order valence-electron chi connectivity index (χ0n) is 21.3. The van der Waals surface area contributed by atoms with Crippen LogP contribution in [0.5, 0.6) is 5.75 Å². The number of anilines is 1. The molecule has 10 heteroatoms. The summed E-state index contributed by atoms with van der Waals surface area (Å²) in [6.07, 6.45) is 4.92. The Morgan fingerprint density at radius 3 is 2.63 bits per heavy atom. The van der Waals surface area contributed by atoms with E-state index in [1.54, 1.807) is 36.8 Å². The normalized spacial score (nSPS) is 11.2. The van der Waals surface area contributed by atoms with Crippen molar-refractivity contribution >= 4 is 33.7 Å². The minimum absolute atomic E-state index is 0.176. The molecular formula is C31H20FN7O2. The van der Waals surface area contributed by atoms with Crippen LogP contribution in [0.1, 0.15) is 10.4 Å². The highest BCUT2D eigenvalue weighted by Gasteiger charge is 2.17. The lowest BCUT2D eigenvalue weighted by molar-refractivity contribution is 0.102. The van der Waals surface area contributed by atoms with Crippen molar-refractivity contribution in [2.24, 2.45) is 0 Å². The van der Waals surface area contributed by atoms with Crippen LogP contribution in [-0.4, -0.2) is 41.1 Å². The van der Waals surface area contributed by atoms with Gasteiger partial charge in [0.15, 0.2) is 11.5 Å². The number of aromatic nitrogens is 6. The van der Waals surface area contributed by atoms with E-state index in [2.05, 4.69) is 30.5 Å². The van der Waals surface area contributed by atoms with E-state index in [-0.39, 0.29) is 11.7 Å². The van der Waals surface area contributed by atoms with Gasteiger partial charge in [-0.25, -0.2) is 14.4 Å². The van der Waals surface area contributed by atoms with Crippen LogP contribution in [0.2, 0.25) is 0 Å². The van der Waals surface area contributed by atoms with Gasteiger partial charge in [-0.15, -0.1) is 0 Å². The molecule has 0 aliphatic carbocycles. The molecule has 4 heterocycles. The van der Waals surface area contributed by atoms with Crippen molar-refractivity contribution in [3.05, 3.63) is 109 Å². The summed E-state index contributed by atoms with van der Waals surface area (Å²) in [5.74, 6) is -0.469. The van der Waals surface area contributed by atoms with Crippen molar-refractivity contribution in [2.45, 2.75) is 0 Å². The van der Waals surface area contributed by atoms with Gasteiger partial charge in [0, 0.05) is 40.5 Å². The number of phenols is 1. The van der Waals surface area contributed by atoms with Crippen LogP contribution in [0.25, 0.3) is 55.8 Å². The highest BCUT2D eigenvalue weighted by atomic mass is 19.1. The number of halogens is 1. The molecule has 41 heavy (non-hydrogen) atoms. The van der Waals surface area contributed by atoms with E-state index in [0.29, 0.717) is 45.1 Å². The Bertz CT molecular complexity index is 2070. The number of fused-ring (bicyclic) bond motifs is 2. The van der Waals surface area contributed by atoms with Gasteiger partial charge in [0.25, 0.3) is 5.91 Å². The van der Waals surface area contributed by atoms with Crippen LogP contribution in [-0.2, 0) is 0 Å². The molecule has 0 aliphatic rings. The summed E-state index contributed by atoms with van der Waals surface area (Å²) >= 11 is 0. The predicted molar refractivity (Wildman–Crippen MR) is 154 cm³/mol. The first-order valence-electron chi connectivity index (χ1n) is 12.7. The summed E-state index contributed by atoms with van der Waals surface area (Å²) in [5, 5.41) is 21.2. The van der Waals surface area contributed by atoms with Gasteiger partial charge in [-0.05, 0) is 59.7 Å². The average molecular weight is 542 g/mol. The molecule has 0 saturated heterocycles. The van der Waals surface area contributed by atoms with Gasteiger partial charge in [0.2, 0.25) is 0 Å². The summed E-state index contributed by atoms with van der Waals surface area (Å²) in [4.78, 5) is 29.3. The van der Waals surface area contributed by atoms with Crippen molar-refractivity contribution in [1.29, 1.82) is 0 Å². The number of phenolic OH excluding ortho intramolecular Hbond substituents is 1. The van der Waals surface area contributed by atoms with Crippen LogP contribution in [0.4, 0.5) is 10.1 Å². The Labute approximate surface area is 231 Å². The third-order valence-corrected chi connectivity index (χ3v) is 6.73. The topological polar surface area (TPSA) is 132 Å². The SMILES string of the molecule is O=C(Nc1cncc(-c2ccc3[nH]nc(-c4nc5c(-c6cc(O)cc(F)c6)ccnc5[nH]4)c3c2)c1)c1ccccc1.